The summed E-state index contributed by atoms with van der Waals surface area (Å²) in [6, 6.07) is 0. The molecule has 0 saturated heterocycles. The monoisotopic (exact) mass is 178 g/mol. The Bertz CT molecular complexity index is 221. The number of rotatable bonds is 2. The molecule has 2 rings (SSSR count). The normalized spacial score (nSPS) is 26.0. The van der Waals surface area contributed by atoms with Crippen LogP contribution in [0.2, 0.25) is 0 Å². The summed E-state index contributed by atoms with van der Waals surface area (Å²) >= 11 is 0. The van der Waals surface area contributed by atoms with Crippen LogP contribution in [0.5, 0.6) is 0 Å². The zero-order valence-corrected chi connectivity index (χ0v) is 8.22. The molecule has 0 aromatic carbocycles. The minimum atomic E-state index is 0.136. The van der Waals surface area contributed by atoms with E-state index in [-0.39, 0.29) is 5.60 Å². The van der Waals surface area contributed by atoms with Gasteiger partial charge in [-0.25, -0.2) is 0 Å². The number of allylic oxidation sites excluding steroid dienone is 1. The topological polar surface area (TPSA) is 9.23 Å². The maximum Gasteiger partial charge on any atom is 0.0870 e. The van der Waals surface area contributed by atoms with Crippen LogP contribution in [0.25, 0.3) is 0 Å². The Hall–Kier alpha value is -0.560. The molecule has 1 fully saturated rings. The lowest BCUT2D eigenvalue weighted by atomic mass is 9.84. The van der Waals surface area contributed by atoms with Crippen LogP contribution < -0.4 is 0 Å². The average Bonchev–Trinajstić information content (AvgIpc) is 2.51. The lowest BCUT2D eigenvalue weighted by Gasteiger charge is -2.30. The predicted octanol–water partition coefficient (Wildman–Crippen LogP) is 3.22. The average molecular weight is 178 g/mol. The van der Waals surface area contributed by atoms with Crippen molar-refractivity contribution in [1.82, 2.24) is 0 Å². The fraction of sp³-hybridized carbons (Fsp3) is 0.667. The van der Waals surface area contributed by atoms with Gasteiger partial charge in [0.2, 0.25) is 0 Å². The van der Waals surface area contributed by atoms with Crippen LogP contribution in [-0.4, -0.2) is 12.2 Å². The SMILES string of the molecule is C=CCC1=CC2(CCCCC2)OC1. The first kappa shape index (κ1) is 9.01. The first-order valence-electron chi connectivity index (χ1n) is 5.30. The minimum absolute atomic E-state index is 0.136. The molecule has 72 valence electrons. The van der Waals surface area contributed by atoms with Gasteiger partial charge in [0, 0.05) is 0 Å². The van der Waals surface area contributed by atoms with Crippen LogP contribution in [0.1, 0.15) is 38.5 Å². The molecular weight excluding hydrogens is 160 g/mol. The molecule has 13 heavy (non-hydrogen) atoms. The van der Waals surface area contributed by atoms with E-state index in [1.54, 1.807) is 0 Å². The largest absolute Gasteiger partial charge is 0.367 e. The Kier molecular flexibility index (Phi) is 2.54. The Balaban J connectivity index is 2.04. The van der Waals surface area contributed by atoms with Crippen molar-refractivity contribution in [1.29, 1.82) is 0 Å². The van der Waals surface area contributed by atoms with Gasteiger partial charge in [-0.05, 0) is 24.8 Å². The zero-order valence-electron chi connectivity index (χ0n) is 8.22. The van der Waals surface area contributed by atoms with Crippen molar-refractivity contribution in [3.8, 4) is 0 Å². The molecule has 0 aromatic heterocycles. The summed E-state index contributed by atoms with van der Waals surface area (Å²) in [7, 11) is 0. The molecule has 0 aromatic rings. The molecule has 0 atom stereocenters. The Labute approximate surface area is 80.5 Å². The first-order chi connectivity index (χ1) is 6.35. The van der Waals surface area contributed by atoms with Crippen molar-refractivity contribution in [2.45, 2.75) is 44.1 Å². The van der Waals surface area contributed by atoms with Gasteiger partial charge < -0.3 is 4.74 Å². The van der Waals surface area contributed by atoms with Gasteiger partial charge >= 0.3 is 0 Å². The van der Waals surface area contributed by atoms with Gasteiger partial charge in [0.15, 0.2) is 0 Å². The second-order valence-corrected chi connectivity index (χ2v) is 4.21. The lowest BCUT2D eigenvalue weighted by Crippen LogP contribution is -2.29. The Morgan fingerprint density at radius 2 is 2.15 bits per heavy atom. The summed E-state index contributed by atoms with van der Waals surface area (Å²) < 4.78 is 5.91. The third kappa shape index (κ3) is 1.86. The highest BCUT2D eigenvalue weighted by molar-refractivity contribution is 5.20. The van der Waals surface area contributed by atoms with E-state index < -0.39 is 0 Å². The van der Waals surface area contributed by atoms with Gasteiger partial charge in [-0.3, -0.25) is 0 Å². The summed E-state index contributed by atoms with van der Waals surface area (Å²) in [5.41, 5.74) is 1.56. The molecule has 0 amide bonds. The Morgan fingerprint density at radius 1 is 1.38 bits per heavy atom. The highest BCUT2D eigenvalue weighted by atomic mass is 16.5. The standard InChI is InChI=1S/C12H18O/c1-2-6-11-9-12(13-10-11)7-4-3-5-8-12/h2,9H,1,3-8,10H2. The smallest absolute Gasteiger partial charge is 0.0870 e. The highest BCUT2D eigenvalue weighted by Crippen LogP contribution is 2.38. The molecule has 1 spiro atoms. The van der Waals surface area contributed by atoms with E-state index in [1.165, 1.54) is 37.7 Å². The molecule has 0 N–H and O–H groups in total. The van der Waals surface area contributed by atoms with E-state index in [9.17, 15) is 0 Å². The highest BCUT2D eigenvalue weighted by Gasteiger charge is 2.34. The van der Waals surface area contributed by atoms with Crippen LogP contribution in [0.4, 0.5) is 0 Å². The van der Waals surface area contributed by atoms with Crippen molar-refractivity contribution in [3.05, 3.63) is 24.3 Å². The summed E-state index contributed by atoms with van der Waals surface area (Å²) in [5.74, 6) is 0. The molecule has 0 bridgehead atoms. The van der Waals surface area contributed by atoms with E-state index in [1.807, 2.05) is 6.08 Å². The zero-order chi connectivity index (χ0) is 9.15. The van der Waals surface area contributed by atoms with Crippen LogP contribution in [-0.2, 0) is 4.74 Å². The lowest BCUT2D eigenvalue weighted by molar-refractivity contribution is -0.00390. The number of ether oxygens (including phenoxy) is 1. The molecule has 0 radical (unpaired) electrons. The summed E-state index contributed by atoms with van der Waals surface area (Å²) in [6.07, 6.45) is 11.8. The van der Waals surface area contributed by atoms with Crippen molar-refractivity contribution < 1.29 is 4.74 Å². The summed E-state index contributed by atoms with van der Waals surface area (Å²) in [4.78, 5) is 0. The Morgan fingerprint density at radius 3 is 2.85 bits per heavy atom. The predicted molar refractivity (Wildman–Crippen MR) is 54.7 cm³/mol. The van der Waals surface area contributed by atoms with Crippen LogP contribution >= 0.6 is 0 Å². The second kappa shape index (κ2) is 3.67. The minimum Gasteiger partial charge on any atom is -0.367 e. The molecule has 2 aliphatic rings. The molecule has 1 saturated carbocycles. The van der Waals surface area contributed by atoms with E-state index >= 15 is 0 Å². The van der Waals surface area contributed by atoms with Crippen LogP contribution in [0.3, 0.4) is 0 Å². The molecular formula is C12H18O. The fourth-order valence-electron chi connectivity index (χ4n) is 2.43. The van der Waals surface area contributed by atoms with Crippen LogP contribution in [0.15, 0.2) is 24.3 Å². The van der Waals surface area contributed by atoms with Gasteiger partial charge in [-0.2, -0.15) is 0 Å². The van der Waals surface area contributed by atoms with Crippen molar-refractivity contribution in [3.63, 3.8) is 0 Å². The third-order valence-electron chi connectivity index (χ3n) is 3.12. The molecule has 1 aliphatic carbocycles. The van der Waals surface area contributed by atoms with E-state index in [2.05, 4.69) is 12.7 Å². The van der Waals surface area contributed by atoms with Gasteiger partial charge in [0.05, 0.1) is 12.2 Å². The van der Waals surface area contributed by atoms with Crippen LogP contribution in [0, 0.1) is 0 Å². The summed E-state index contributed by atoms with van der Waals surface area (Å²) in [6.45, 7) is 4.60. The molecule has 1 aliphatic heterocycles. The van der Waals surface area contributed by atoms with Gasteiger partial charge in [0.1, 0.15) is 0 Å². The van der Waals surface area contributed by atoms with Gasteiger partial charge in [-0.15, -0.1) is 6.58 Å². The first-order valence-corrected chi connectivity index (χ1v) is 5.30. The van der Waals surface area contributed by atoms with Gasteiger partial charge in [-0.1, -0.05) is 31.4 Å². The van der Waals surface area contributed by atoms with Gasteiger partial charge in [0.25, 0.3) is 0 Å². The molecule has 0 unspecified atom stereocenters. The number of hydrogen-bond donors (Lipinski definition) is 0. The fourth-order valence-corrected chi connectivity index (χ4v) is 2.43. The quantitative estimate of drug-likeness (QED) is 0.590. The van der Waals surface area contributed by atoms with Crippen molar-refractivity contribution >= 4 is 0 Å². The second-order valence-electron chi connectivity index (χ2n) is 4.21. The number of hydrogen-bond acceptors (Lipinski definition) is 1. The maximum absolute atomic E-state index is 5.91. The molecule has 1 heterocycles. The molecule has 1 heteroatoms. The van der Waals surface area contributed by atoms with Crippen molar-refractivity contribution in [2.75, 3.05) is 6.61 Å². The van der Waals surface area contributed by atoms with E-state index in [4.69, 9.17) is 4.74 Å². The van der Waals surface area contributed by atoms with Crippen molar-refractivity contribution in [2.24, 2.45) is 0 Å². The van der Waals surface area contributed by atoms with E-state index in [0.717, 1.165) is 13.0 Å². The van der Waals surface area contributed by atoms with E-state index in [0.29, 0.717) is 0 Å². The summed E-state index contributed by atoms with van der Waals surface area (Å²) in [5, 5.41) is 0. The molecule has 1 nitrogen and oxygen atoms in total. The third-order valence-corrected chi connectivity index (χ3v) is 3.12. The maximum atomic E-state index is 5.91.